The molecule has 1 atom stereocenters. The lowest BCUT2D eigenvalue weighted by atomic mass is 9.97. The Balaban J connectivity index is 0.00000304. The first kappa shape index (κ1) is 26.6. The highest BCUT2D eigenvalue weighted by atomic mass is 32.1. The number of carbonyl (C=O) groups excluding carboxylic acids is 1. The number of likely N-dealkylation sites (tertiary alicyclic amines) is 1. The molecule has 4 heterocycles. The van der Waals surface area contributed by atoms with E-state index in [1.807, 2.05) is 37.1 Å². The minimum Gasteiger partial charge on any atom is -0.381 e. The number of benzene rings is 1. The molecule has 2 fully saturated rings. The molecule has 0 aliphatic carbocycles. The van der Waals surface area contributed by atoms with Crippen molar-refractivity contribution in [3.8, 4) is 0 Å². The van der Waals surface area contributed by atoms with Gasteiger partial charge in [0.05, 0.1) is 17.8 Å². The third-order valence-corrected chi connectivity index (χ3v) is 7.49. The number of urea groups is 1. The Morgan fingerprint density at radius 3 is 2.75 bits per heavy atom. The Labute approximate surface area is 219 Å². The van der Waals surface area contributed by atoms with Crippen molar-refractivity contribution in [2.24, 2.45) is 0 Å². The van der Waals surface area contributed by atoms with Gasteiger partial charge in [-0.2, -0.15) is 13.5 Å². The van der Waals surface area contributed by atoms with Crippen LogP contribution in [-0.4, -0.2) is 64.2 Å². The zero-order valence-electron chi connectivity index (χ0n) is 21.1. The minimum atomic E-state index is -0.502. The second kappa shape index (κ2) is 11.3. The molecule has 5 rings (SSSR count). The molecular weight excluding hydrogens is 479 g/mol. The molecule has 2 amide bonds. The molecule has 8 nitrogen and oxygen atoms in total. The van der Waals surface area contributed by atoms with Crippen LogP contribution >= 0.6 is 13.5 Å². The quantitative estimate of drug-likeness (QED) is 0.630. The molecule has 3 aliphatic heterocycles. The number of halogens is 1. The van der Waals surface area contributed by atoms with Crippen LogP contribution in [0.5, 0.6) is 0 Å². The van der Waals surface area contributed by atoms with Crippen molar-refractivity contribution < 1.29 is 13.9 Å². The molecule has 0 unspecified atom stereocenters. The average molecular weight is 517 g/mol. The molecule has 2 aromatic rings. The molecule has 0 spiro atoms. The van der Waals surface area contributed by atoms with Gasteiger partial charge in [-0.15, -0.1) is 0 Å². The molecule has 1 aromatic heterocycles. The normalized spacial score (nSPS) is 22.0. The van der Waals surface area contributed by atoms with Gasteiger partial charge in [-0.1, -0.05) is 18.2 Å². The Morgan fingerprint density at radius 2 is 1.97 bits per heavy atom. The maximum absolute atomic E-state index is 14.1. The molecule has 3 aliphatic rings. The number of piperidine rings is 1. The Morgan fingerprint density at radius 1 is 1.19 bits per heavy atom. The Bertz CT molecular complexity index is 1060. The molecule has 2 N–H and O–H groups in total. The molecule has 10 heteroatoms. The summed E-state index contributed by atoms with van der Waals surface area (Å²) in [4.78, 5) is 26.8. The van der Waals surface area contributed by atoms with Gasteiger partial charge in [-0.25, -0.2) is 19.2 Å². The van der Waals surface area contributed by atoms with E-state index in [4.69, 9.17) is 9.72 Å². The minimum absolute atomic E-state index is 0. The summed E-state index contributed by atoms with van der Waals surface area (Å²) in [6.07, 6.45) is 5.62. The Hall–Kier alpha value is -2.43. The van der Waals surface area contributed by atoms with E-state index in [2.05, 4.69) is 20.5 Å². The second-order valence-electron chi connectivity index (χ2n) is 10.3. The van der Waals surface area contributed by atoms with Crippen molar-refractivity contribution in [2.45, 2.75) is 70.2 Å². The monoisotopic (exact) mass is 516 g/mol. The predicted octanol–water partition coefficient (Wildman–Crippen LogP) is 3.74. The summed E-state index contributed by atoms with van der Waals surface area (Å²) in [5.74, 6) is 0.437. The van der Waals surface area contributed by atoms with Crippen molar-refractivity contribution in [2.75, 3.05) is 31.6 Å². The number of nitrogens with one attached hydrogen (secondary N) is 2. The van der Waals surface area contributed by atoms with Gasteiger partial charge in [0, 0.05) is 55.7 Å². The molecule has 0 saturated carbocycles. The largest absolute Gasteiger partial charge is 0.381 e. The van der Waals surface area contributed by atoms with E-state index in [0.717, 1.165) is 56.7 Å². The van der Waals surface area contributed by atoms with Crippen LogP contribution in [0.15, 0.2) is 30.5 Å². The summed E-state index contributed by atoms with van der Waals surface area (Å²) >= 11 is 0. The number of hydrogen-bond acceptors (Lipinski definition) is 6. The van der Waals surface area contributed by atoms with Crippen LogP contribution in [0.25, 0.3) is 0 Å². The fourth-order valence-electron chi connectivity index (χ4n) is 5.40. The van der Waals surface area contributed by atoms with Crippen LogP contribution < -0.4 is 10.6 Å². The number of aromatic nitrogens is 2. The molecule has 1 aromatic carbocycles. The highest BCUT2D eigenvalue weighted by Gasteiger charge is 2.42. The van der Waals surface area contributed by atoms with Crippen molar-refractivity contribution in [3.05, 3.63) is 53.1 Å². The summed E-state index contributed by atoms with van der Waals surface area (Å²) in [5.41, 5.74) is 2.06. The number of rotatable bonds is 5. The van der Waals surface area contributed by atoms with Gasteiger partial charge >= 0.3 is 6.03 Å². The smallest absolute Gasteiger partial charge is 0.318 e. The van der Waals surface area contributed by atoms with E-state index in [9.17, 15) is 9.18 Å². The molecule has 0 radical (unpaired) electrons. The standard InChI is InChI=1S/C26H35FN6O2.H2S/c1-26(2)21-14-28-24(29-19-9-12-35-13-10-19)31-23(21)17-33(26)25(34)30-20-7-5-11-32(16-20)15-18-6-3-4-8-22(18)27;/h3-4,6,8,14,19-20H,5,7,9-13,15-17H2,1-2H3,(H,30,34)(H,28,29,31);1H2/t20-;/m0./s1. The van der Waals surface area contributed by atoms with Gasteiger partial charge in [-0.3, -0.25) is 4.90 Å². The van der Waals surface area contributed by atoms with Crippen LogP contribution in [0.2, 0.25) is 0 Å². The summed E-state index contributed by atoms with van der Waals surface area (Å²) in [6, 6.07) is 7.15. The number of fused-ring (bicyclic) bond motifs is 1. The average Bonchev–Trinajstić information content (AvgIpc) is 3.11. The highest BCUT2D eigenvalue weighted by Crippen LogP contribution is 2.38. The SMILES string of the molecule is CC1(C)c2cnc(NC3CCOCC3)nc2CN1C(=O)N[C@H]1CCCN(Cc2ccccc2F)C1.S. The van der Waals surface area contributed by atoms with Crippen molar-refractivity contribution in [1.29, 1.82) is 0 Å². The van der Waals surface area contributed by atoms with E-state index >= 15 is 0 Å². The lowest BCUT2D eigenvalue weighted by Crippen LogP contribution is -2.53. The number of carbonyl (C=O) groups is 1. The fraction of sp³-hybridized carbons (Fsp3) is 0.577. The first-order valence-corrected chi connectivity index (χ1v) is 12.6. The van der Waals surface area contributed by atoms with E-state index < -0.39 is 5.54 Å². The van der Waals surface area contributed by atoms with Gasteiger partial charge < -0.3 is 20.3 Å². The maximum Gasteiger partial charge on any atom is 0.318 e. The van der Waals surface area contributed by atoms with Crippen LogP contribution in [0.4, 0.5) is 15.1 Å². The first-order chi connectivity index (χ1) is 16.9. The number of nitrogens with zero attached hydrogens (tertiary/aromatic N) is 4. The number of ether oxygens (including phenoxy) is 1. The molecule has 0 bridgehead atoms. The number of anilines is 1. The molecule has 2 saturated heterocycles. The van der Waals surface area contributed by atoms with E-state index in [1.165, 1.54) is 6.07 Å². The summed E-state index contributed by atoms with van der Waals surface area (Å²) in [5, 5.41) is 6.66. The lowest BCUT2D eigenvalue weighted by molar-refractivity contribution is 0.0903. The molecule has 36 heavy (non-hydrogen) atoms. The third kappa shape index (κ3) is 5.76. The summed E-state index contributed by atoms with van der Waals surface area (Å²) in [7, 11) is 0. The number of hydrogen-bond donors (Lipinski definition) is 2. The number of amides is 2. The first-order valence-electron chi connectivity index (χ1n) is 12.6. The Kier molecular flexibility index (Phi) is 8.37. The van der Waals surface area contributed by atoms with Crippen LogP contribution in [0.1, 0.15) is 56.4 Å². The van der Waals surface area contributed by atoms with Gasteiger partial charge in [0.25, 0.3) is 0 Å². The lowest BCUT2D eigenvalue weighted by Gasteiger charge is -2.37. The van der Waals surface area contributed by atoms with Crippen molar-refractivity contribution in [1.82, 2.24) is 25.1 Å². The topological polar surface area (TPSA) is 82.6 Å². The van der Waals surface area contributed by atoms with E-state index in [1.54, 1.807) is 6.07 Å². The van der Waals surface area contributed by atoms with Gasteiger partial charge in [0.2, 0.25) is 5.95 Å². The highest BCUT2D eigenvalue weighted by molar-refractivity contribution is 7.59. The molecular formula is C26H37FN6O2S. The van der Waals surface area contributed by atoms with E-state index in [0.29, 0.717) is 37.2 Å². The predicted molar refractivity (Wildman–Crippen MR) is 142 cm³/mol. The zero-order valence-corrected chi connectivity index (χ0v) is 22.1. The van der Waals surface area contributed by atoms with Crippen molar-refractivity contribution >= 4 is 25.5 Å². The maximum atomic E-state index is 14.1. The zero-order chi connectivity index (χ0) is 24.4. The van der Waals surface area contributed by atoms with Gasteiger partial charge in [0.1, 0.15) is 5.82 Å². The van der Waals surface area contributed by atoms with Crippen molar-refractivity contribution in [3.63, 3.8) is 0 Å². The summed E-state index contributed by atoms with van der Waals surface area (Å²) < 4.78 is 19.5. The van der Waals surface area contributed by atoms with Gasteiger partial charge in [0.15, 0.2) is 0 Å². The molecule has 196 valence electrons. The third-order valence-electron chi connectivity index (χ3n) is 7.49. The fourth-order valence-corrected chi connectivity index (χ4v) is 5.40. The van der Waals surface area contributed by atoms with Crippen LogP contribution in [0.3, 0.4) is 0 Å². The van der Waals surface area contributed by atoms with Gasteiger partial charge in [-0.05, 0) is 52.1 Å². The van der Waals surface area contributed by atoms with Crippen LogP contribution in [-0.2, 0) is 23.4 Å². The van der Waals surface area contributed by atoms with E-state index in [-0.39, 0.29) is 31.4 Å². The second-order valence-corrected chi connectivity index (χ2v) is 10.3. The van der Waals surface area contributed by atoms with Crippen LogP contribution in [0, 0.1) is 5.82 Å². The summed E-state index contributed by atoms with van der Waals surface area (Å²) in [6.45, 7) is 8.20.